The fraction of sp³-hybridized carbons (Fsp3) is 0.500. The van der Waals surface area contributed by atoms with Crippen molar-refractivity contribution in [1.82, 2.24) is 4.98 Å². The van der Waals surface area contributed by atoms with Gasteiger partial charge >= 0.3 is 0 Å². The van der Waals surface area contributed by atoms with Crippen molar-refractivity contribution in [2.24, 2.45) is 0 Å². The topological polar surface area (TPSA) is 39.2 Å². The number of Topliss-reactive ketones (excluding diaryl/α,β-unsaturated/α-hetero) is 1. The number of thiazole rings is 1. The fourth-order valence-corrected chi connectivity index (χ4v) is 3.16. The normalized spacial score (nSPS) is 10.7. The molecule has 3 nitrogen and oxygen atoms in total. The smallest absolute Gasteiger partial charge is 0.191 e. The highest BCUT2D eigenvalue weighted by molar-refractivity contribution is 7.11. The molecule has 0 atom stereocenters. The summed E-state index contributed by atoms with van der Waals surface area (Å²) in [5.74, 6) is 1.12. The van der Waals surface area contributed by atoms with Gasteiger partial charge in [-0.1, -0.05) is 38.3 Å². The molecule has 0 bridgehead atoms. The van der Waals surface area contributed by atoms with E-state index >= 15 is 0 Å². The number of aromatic nitrogens is 1. The molecule has 0 saturated carbocycles. The van der Waals surface area contributed by atoms with E-state index in [1.54, 1.807) is 6.20 Å². The SMILES string of the molecule is CCCCCCOc1ccc(CCCCC(=O)c2nccs2)cc1. The number of carbonyl (C=O) groups excluding carboxylic acids is 1. The summed E-state index contributed by atoms with van der Waals surface area (Å²) in [6.45, 7) is 3.02. The summed E-state index contributed by atoms with van der Waals surface area (Å²) in [7, 11) is 0. The summed E-state index contributed by atoms with van der Waals surface area (Å²) in [5.41, 5.74) is 1.30. The van der Waals surface area contributed by atoms with Crippen LogP contribution in [0.4, 0.5) is 0 Å². The van der Waals surface area contributed by atoms with Gasteiger partial charge in [-0.25, -0.2) is 4.98 Å². The Morgan fingerprint density at radius 1 is 1.08 bits per heavy atom. The third-order valence-electron chi connectivity index (χ3n) is 3.98. The van der Waals surface area contributed by atoms with Crippen molar-refractivity contribution >= 4 is 17.1 Å². The molecular weight excluding hydrogens is 318 g/mol. The average molecular weight is 346 g/mol. The first-order valence-corrected chi connectivity index (χ1v) is 9.82. The number of hydrogen-bond acceptors (Lipinski definition) is 4. The summed E-state index contributed by atoms with van der Waals surface area (Å²) >= 11 is 1.42. The molecule has 0 amide bonds. The zero-order valence-corrected chi connectivity index (χ0v) is 15.3. The minimum absolute atomic E-state index is 0.164. The van der Waals surface area contributed by atoms with Crippen molar-refractivity contribution in [3.8, 4) is 5.75 Å². The monoisotopic (exact) mass is 345 g/mol. The largest absolute Gasteiger partial charge is 0.494 e. The second-order valence-electron chi connectivity index (χ2n) is 6.02. The van der Waals surface area contributed by atoms with Crippen LogP contribution in [0.3, 0.4) is 0 Å². The van der Waals surface area contributed by atoms with Crippen LogP contribution in [-0.2, 0) is 6.42 Å². The maximum Gasteiger partial charge on any atom is 0.191 e. The maximum absolute atomic E-state index is 11.9. The van der Waals surface area contributed by atoms with Gasteiger partial charge in [-0.05, 0) is 43.4 Å². The molecule has 0 aliphatic carbocycles. The van der Waals surface area contributed by atoms with E-state index in [1.807, 2.05) is 5.38 Å². The molecule has 2 aromatic rings. The van der Waals surface area contributed by atoms with Crippen molar-refractivity contribution in [2.45, 2.75) is 58.3 Å². The van der Waals surface area contributed by atoms with Gasteiger partial charge in [0.25, 0.3) is 0 Å². The van der Waals surface area contributed by atoms with Gasteiger partial charge in [-0.3, -0.25) is 4.79 Å². The number of benzene rings is 1. The Morgan fingerprint density at radius 3 is 2.62 bits per heavy atom. The number of ether oxygens (including phenoxy) is 1. The molecule has 1 heterocycles. The van der Waals surface area contributed by atoms with Crippen LogP contribution >= 0.6 is 11.3 Å². The lowest BCUT2D eigenvalue weighted by Gasteiger charge is -2.07. The van der Waals surface area contributed by atoms with Gasteiger partial charge in [0.2, 0.25) is 0 Å². The van der Waals surface area contributed by atoms with Crippen LogP contribution in [0.2, 0.25) is 0 Å². The summed E-state index contributed by atoms with van der Waals surface area (Å²) < 4.78 is 5.76. The van der Waals surface area contributed by atoms with E-state index in [9.17, 15) is 4.79 Å². The fourth-order valence-electron chi connectivity index (χ4n) is 2.55. The number of hydrogen-bond donors (Lipinski definition) is 0. The second kappa shape index (κ2) is 11.0. The van der Waals surface area contributed by atoms with Crippen LogP contribution in [0, 0.1) is 0 Å². The molecule has 1 aromatic heterocycles. The Balaban J connectivity index is 1.60. The highest BCUT2D eigenvalue weighted by Crippen LogP contribution is 2.16. The highest BCUT2D eigenvalue weighted by atomic mass is 32.1. The van der Waals surface area contributed by atoms with Crippen molar-refractivity contribution < 1.29 is 9.53 Å². The molecule has 24 heavy (non-hydrogen) atoms. The Bertz CT molecular complexity index is 578. The Morgan fingerprint density at radius 2 is 1.92 bits per heavy atom. The molecular formula is C20H27NO2S. The van der Waals surface area contributed by atoms with Gasteiger partial charge in [-0.2, -0.15) is 0 Å². The van der Waals surface area contributed by atoms with E-state index in [1.165, 1.54) is 36.2 Å². The molecule has 0 spiro atoms. The van der Waals surface area contributed by atoms with Gasteiger partial charge in [0, 0.05) is 18.0 Å². The molecule has 1 aromatic carbocycles. The second-order valence-corrected chi connectivity index (χ2v) is 6.92. The third-order valence-corrected chi connectivity index (χ3v) is 4.79. The molecule has 0 fully saturated rings. The van der Waals surface area contributed by atoms with Crippen LogP contribution in [0.5, 0.6) is 5.75 Å². The summed E-state index contributed by atoms with van der Waals surface area (Å²) in [5, 5.41) is 2.48. The summed E-state index contributed by atoms with van der Waals surface area (Å²) in [6, 6.07) is 8.36. The van der Waals surface area contributed by atoms with Gasteiger partial charge < -0.3 is 4.74 Å². The van der Waals surface area contributed by atoms with Crippen LogP contribution < -0.4 is 4.74 Å². The van der Waals surface area contributed by atoms with Crippen molar-refractivity contribution in [2.75, 3.05) is 6.61 Å². The lowest BCUT2D eigenvalue weighted by Crippen LogP contribution is -1.99. The van der Waals surface area contributed by atoms with Crippen LogP contribution in [0.1, 0.15) is 67.2 Å². The molecule has 0 saturated heterocycles. The Labute approximate surface area is 149 Å². The van der Waals surface area contributed by atoms with E-state index in [0.29, 0.717) is 11.4 Å². The van der Waals surface area contributed by atoms with Crippen LogP contribution in [0.15, 0.2) is 35.8 Å². The zero-order chi connectivity index (χ0) is 17.0. The number of carbonyl (C=O) groups is 1. The van der Waals surface area contributed by atoms with E-state index in [0.717, 1.165) is 38.0 Å². The predicted molar refractivity (Wildman–Crippen MR) is 100 cm³/mol. The third kappa shape index (κ3) is 6.83. The maximum atomic E-state index is 11.9. The molecule has 0 radical (unpaired) electrons. The quantitative estimate of drug-likeness (QED) is 0.366. The highest BCUT2D eigenvalue weighted by Gasteiger charge is 2.07. The summed E-state index contributed by atoms with van der Waals surface area (Å²) in [6.07, 6.45) is 10.1. The number of unbranched alkanes of at least 4 members (excludes halogenated alkanes) is 4. The first kappa shape index (κ1) is 18.7. The summed E-state index contributed by atoms with van der Waals surface area (Å²) in [4.78, 5) is 15.9. The van der Waals surface area contributed by atoms with Crippen LogP contribution in [0.25, 0.3) is 0 Å². The van der Waals surface area contributed by atoms with E-state index in [2.05, 4.69) is 36.2 Å². The molecule has 0 N–H and O–H groups in total. The zero-order valence-electron chi connectivity index (χ0n) is 14.5. The Hall–Kier alpha value is -1.68. The number of rotatable bonds is 12. The van der Waals surface area contributed by atoms with E-state index in [-0.39, 0.29) is 5.78 Å². The average Bonchev–Trinajstić information content (AvgIpc) is 3.14. The minimum atomic E-state index is 0.164. The molecule has 0 unspecified atom stereocenters. The van der Waals surface area contributed by atoms with Gasteiger partial charge in [-0.15, -0.1) is 11.3 Å². The molecule has 0 aliphatic rings. The molecule has 130 valence electrons. The number of nitrogens with zero attached hydrogens (tertiary/aromatic N) is 1. The van der Waals surface area contributed by atoms with Crippen molar-refractivity contribution in [1.29, 1.82) is 0 Å². The lowest BCUT2D eigenvalue weighted by molar-refractivity contribution is 0.0979. The van der Waals surface area contributed by atoms with Crippen molar-refractivity contribution in [3.63, 3.8) is 0 Å². The molecule has 0 aliphatic heterocycles. The van der Waals surface area contributed by atoms with Gasteiger partial charge in [0.05, 0.1) is 6.61 Å². The standard InChI is InChI=1S/C20H27NO2S/c1-2-3-4-7-15-23-18-12-10-17(11-13-18)8-5-6-9-19(22)20-21-14-16-24-20/h10-14,16H,2-9,15H2,1H3. The van der Waals surface area contributed by atoms with Gasteiger partial charge in [0.15, 0.2) is 10.8 Å². The van der Waals surface area contributed by atoms with E-state index < -0.39 is 0 Å². The first-order chi connectivity index (χ1) is 11.8. The molecule has 4 heteroatoms. The van der Waals surface area contributed by atoms with Crippen molar-refractivity contribution in [3.05, 3.63) is 46.4 Å². The number of ketones is 1. The van der Waals surface area contributed by atoms with Crippen LogP contribution in [-0.4, -0.2) is 17.4 Å². The Kier molecular flexibility index (Phi) is 8.53. The lowest BCUT2D eigenvalue weighted by atomic mass is 10.1. The number of aryl methyl sites for hydroxylation is 1. The molecule has 2 rings (SSSR count). The minimum Gasteiger partial charge on any atom is -0.494 e. The van der Waals surface area contributed by atoms with Gasteiger partial charge in [0.1, 0.15) is 5.75 Å². The predicted octanol–water partition coefficient (Wildman–Crippen LogP) is 5.70. The van der Waals surface area contributed by atoms with E-state index in [4.69, 9.17) is 4.74 Å². The first-order valence-electron chi connectivity index (χ1n) is 8.94.